The normalized spacial score (nSPS) is 7.71. The van der Waals surface area contributed by atoms with Crippen LogP contribution in [0.1, 0.15) is 8.35 Å². The lowest BCUT2D eigenvalue weighted by atomic mass is 10.9. The van der Waals surface area contributed by atoms with Gasteiger partial charge < -0.3 is 4.74 Å². The molecule has 0 aromatic rings. The van der Waals surface area contributed by atoms with Crippen LogP contribution in [0.15, 0.2) is 0 Å². The Hall–Kier alpha value is -0.770. The van der Waals surface area contributed by atoms with E-state index in [1.165, 1.54) is 5.48 Å². The van der Waals surface area contributed by atoms with Crippen molar-refractivity contribution < 1.29 is 16.2 Å². The molecular formula is C3H8NO3+. The molecule has 0 unspecified atom stereocenters. The van der Waals surface area contributed by atoms with Gasteiger partial charge in [0, 0.05) is 0 Å². The predicted molar refractivity (Wildman–Crippen MR) is 23.1 cm³/mol. The topological polar surface area (TPSA) is 58.6 Å². The van der Waals surface area contributed by atoms with Crippen LogP contribution < -0.4 is 5.48 Å². The van der Waals surface area contributed by atoms with Crippen LogP contribution in [-0.4, -0.2) is 17.9 Å². The summed E-state index contributed by atoms with van der Waals surface area (Å²) in [4.78, 5) is 9.83. The molecule has 0 heterocycles. The molecule has 7 heavy (non-hydrogen) atoms. The molecule has 0 radical (unpaired) electrons. The second-order valence-corrected chi connectivity index (χ2v) is 0.832. The summed E-state index contributed by atoms with van der Waals surface area (Å²) in [6.07, 6.45) is -0.817. The molecule has 0 bridgehead atoms. The summed E-state index contributed by atoms with van der Waals surface area (Å²) in [5, 5.41) is 7.74. The number of nitrogens with one attached hydrogen (secondary N) is 1. The Morgan fingerprint density at radius 1 is 2.14 bits per heavy atom. The number of hydrogen-bond acceptors (Lipinski definition) is 3. The highest BCUT2D eigenvalue weighted by Gasteiger charge is 1.91. The van der Waals surface area contributed by atoms with Crippen LogP contribution in [0.3, 0.4) is 0 Å². The van der Waals surface area contributed by atoms with Gasteiger partial charge in [0.25, 0.3) is 0 Å². The number of ether oxygens (including phenoxy) is 1. The van der Waals surface area contributed by atoms with E-state index >= 15 is 0 Å². The summed E-state index contributed by atoms with van der Waals surface area (Å²) in [6.45, 7) is 1.92. The highest BCUT2D eigenvalue weighted by Crippen LogP contribution is 1.70. The minimum atomic E-state index is -0.817. The summed E-state index contributed by atoms with van der Waals surface area (Å²) in [5.41, 5.74) is 1.30. The van der Waals surface area contributed by atoms with Crippen molar-refractivity contribution in [3.63, 3.8) is 0 Å². The third kappa shape index (κ3) is 3.05. The van der Waals surface area contributed by atoms with E-state index in [4.69, 9.17) is 5.21 Å². The fourth-order valence-electron chi connectivity index (χ4n) is 0.163. The first-order valence-corrected chi connectivity index (χ1v) is 1.88. The Bertz CT molecular complexity index is 67.5. The summed E-state index contributed by atoms with van der Waals surface area (Å²) in [6, 6.07) is 0. The summed E-state index contributed by atoms with van der Waals surface area (Å²) < 4.78 is 4.19. The van der Waals surface area contributed by atoms with Crippen molar-refractivity contribution in [1.82, 2.24) is 5.48 Å². The van der Waals surface area contributed by atoms with Gasteiger partial charge in [-0.3, -0.25) is 5.21 Å². The molecule has 2 N–H and O–H groups in total. The fraction of sp³-hybridized carbons (Fsp3) is 0.667. The molecule has 0 saturated carbocycles. The molecule has 0 fully saturated rings. The van der Waals surface area contributed by atoms with Crippen molar-refractivity contribution in [2.45, 2.75) is 6.92 Å². The second-order valence-electron chi connectivity index (χ2n) is 0.832. The molecule has 0 aliphatic carbocycles. The van der Waals surface area contributed by atoms with Gasteiger partial charge >= 0.3 is 7.52 Å². The van der Waals surface area contributed by atoms with Crippen LogP contribution in [-0.2, 0) is 4.74 Å². The minimum absolute atomic E-state index is 0. The van der Waals surface area contributed by atoms with Crippen LogP contribution in [0.25, 0.3) is 0 Å². The summed E-state index contributed by atoms with van der Waals surface area (Å²) in [7, 11) is 0. The van der Waals surface area contributed by atoms with Crippen LogP contribution in [0.4, 0.5) is 4.79 Å². The zero-order valence-corrected chi connectivity index (χ0v) is 3.97. The van der Waals surface area contributed by atoms with Crippen molar-refractivity contribution in [3.05, 3.63) is 0 Å². The Morgan fingerprint density at radius 2 is 2.71 bits per heavy atom. The van der Waals surface area contributed by atoms with Gasteiger partial charge in [0.1, 0.15) is 0 Å². The van der Waals surface area contributed by atoms with Crippen molar-refractivity contribution in [2.24, 2.45) is 0 Å². The maximum atomic E-state index is 9.83. The van der Waals surface area contributed by atoms with Crippen LogP contribution in [0.2, 0.25) is 0 Å². The van der Waals surface area contributed by atoms with Gasteiger partial charge in [0.2, 0.25) is 0 Å². The van der Waals surface area contributed by atoms with Gasteiger partial charge in [-0.1, -0.05) is 0 Å². The molecule has 0 rings (SSSR count). The molecule has 0 atom stereocenters. The number of amides is 1. The van der Waals surface area contributed by atoms with E-state index in [1.807, 2.05) is 0 Å². The van der Waals surface area contributed by atoms with Crippen LogP contribution >= 0.6 is 0 Å². The zero-order chi connectivity index (χ0) is 5.70. The van der Waals surface area contributed by atoms with E-state index in [2.05, 4.69) is 4.74 Å². The van der Waals surface area contributed by atoms with Gasteiger partial charge in [0.15, 0.2) is 0 Å². The number of carbonyl (C=O) groups excluding carboxylic acids is 1. The van der Waals surface area contributed by atoms with E-state index in [0.29, 0.717) is 0 Å². The molecule has 4 nitrogen and oxygen atoms in total. The second kappa shape index (κ2) is 3.42. The molecule has 4 heteroatoms. The monoisotopic (exact) mass is 106 g/mol. The van der Waals surface area contributed by atoms with E-state index < -0.39 is 6.09 Å². The minimum Gasteiger partial charge on any atom is -0.448 e. The van der Waals surface area contributed by atoms with E-state index in [1.54, 1.807) is 6.92 Å². The molecule has 42 valence electrons. The van der Waals surface area contributed by atoms with Crippen LogP contribution in [0.5, 0.6) is 0 Å². The van der Waals surface area contributed by atoms with E-state index in [9.17, 15) is 4.79 Å². The molecule has 0 saturated heterocycles. The van der Waals surface area contributed by atoms with Crippen LogP contribution in [0, 0.1) is 0 Å². The number of hydroxylamine groups is 1. The lowest BCUT2D eigenvalue weighted by Gasteiger charge is -1.94. The van der Waals surface area contributed by atoms with Gasteiger partial charge in [-0.05, 0) is 6.92 Å². The fourth-order valence-corrected chi connectivity index (χ4v) is 0.163. The highest BCUT2D eigenvalue weighted by molar-refractivity contribution is 5.65. The Labute approximate surface area is 42.5 Å². The lowest BCUT2D eigenvalue weighted by Crippen LogP contribution is -2.19. The highest BCUT2D eigenvalue weighted by atomic mass is 16.6. The molecule has 0 aromatic heterocycles. The van der Waals surface area contributed by atoms with Gasteiger partial charge in [-0.15, -0.1) is 0 Å². The average Bonchev–Trinajstić information content (AvgIpc) is 1.68. The maximum absolute atomic E-state index is 9.83. The molecular weight excluding hydrogens is 98.0 g/mol. The SMILES string of the molecule is CCOC(=O)NO.[H+]. The Balaban J connectivity index is 0. The summed E-state index contributed by atoms with van der Waals surface area (Å²) in [5.74, 6) is 0. The van der Waals surface area contributed by atoms with Gasteiger partial charge in [-0.25, -0.2) is 10.3 Å². The third-order valence-electron chi connectivity index (χ3n) is 0.367. The molecule has 0 aliphatic heterocycles. The first-order valence-electron chi connectivity index (χ1n) is 1.88. The van der Waals surface area contributed by atoms with E-state index in [-0.39, 0.29) is 8.03 Å². The van der Waals surface area contributed by atoms with Crippen molar-refractivity contribution in [2.75, 3.05) is 6.61 Å². The predicted octanol–water partition coefficient (Wildman–Crippen LogP) is 0.234. The Kier molecular flexibility index (Phi) is 3.04. The first kappa shape index (κ1) is 6.23. The smallest absolute Gasteiger partial charge is 0.448 e. The van der Waals surface area contributed by atoms with Gasteiger partial charge in [0.05, 0.1) is 6.61 Å². The van der Waals surface area contributed by atoms with Crippen molar-refractivity contribution >= 4 is 6.09 Å². The first-order chi connectivity index (χ1) is 3.31. The summed E-state index contributed by atoms with van der Waals surface area (Å²) >= 11 is 0. The maximum Gasteiger partial charge on any atom is 1.00 e. The number of carbonyl (C=O) groups is 1. The molecule has 1 amide bonds. The Morgan fingerprint density at radius 3 is 2.86 bits per heavy atom. The largest absolute Gasteiger partial charge is 1.00 e. The molecule has 0 aliphatic rings. The lowest BCUT2D eigenvalue weighted by molar-refractivity contribution is 0.0929. The van der Waals surface area contributed by atoms with E-state index in [0.717, 1.165) is 0 Å². The average molecular weight is 106 g/mol. The molecule has 0 spiro atoms. The number of hydrogen-bond donors (Lipinski definition) is 2. The molecule has 0 aromatic carbocycles. The van der Waals surface area contributed by atoms with Crippen molar-refractivity contribution in [1.29, 1.82) is 0 Å². The number of rotatable bonds is 1. The third-order valence-corrected chi connectivity index (χ3v) is 0.367. The standard InChI is InChI=1S/C3H7NO3/c1-2-7-3(5)4-6/h6H,2H2,1H3,(H,4,5)/p+1. The zero-order valence-electron chi connectivity index (χ0n) is 4.97. The van der Waals surface area contributed by atoms with Gasteiger partial charge in [-0.2, -0.15) is 0 Å². The van der Waals surface area contributed by atoms with Crippen molar-refractivity contribution in [3.8, 4) is 0 Å². The quantitative estimate of drug-likeness (QED) is 0.371.